The molecule has 3 aliphatic carbocycles. The van der Waals surface area contributed by atoms with E-state index < -0.39 is 17.4 Å². The Balaban J connectivity index is 1.70. The first kappa shape index (κ1) is 23.1. The second-order valence-electron chi connectivity index (χ2n) is 10.1. The van der Waals surface area contributed by atoms with Crippen LogP contribution in [0.25, 0.3) is 0 Å². The Hall–Kier alpha value is -2.11. The van der Waals surface area contributed by atoms with Crippen LogP contribution in [-0.4, -0.2) is 29.1 Å². The highest BCUT2D eigenvalue weighted by Crippen LogP contribution is 2.31. The number of rotatable bonds is 5. The Morgan fingerprint density at radius 1 is 1.00 bits per heavy atom. The number of carbonyl (C=O) groups excluding carboxylic acids is 2. The molecule has 6 nitrogen and oxygen atoms in total. The zero-order valence-electron chi connectivity index (χ0n) is 19.5. The molecule has 1 amide bonds. The molecule has 2 saturated carbocycles. The summed E-state index contributed by atoms with van der Waals surface area (Å²) >= 11 is 0. The Bertz CT molecular complexity index is 892. The number of ether oxygens (including phenoxy) is 1. The third-order valence-electron chi connectivity index (χ3n) is 7.90. The fourth-order valence-electron chi connectivity index (χ4n) is 6.06. The van der Waals surface area contributed by atoms with Crippen LogP contribution in [-0.2, 0) is 28.9 Å². The molecule has 6 heteroatoms. The van der Waals surface area contributed by atoms with Gasteiger partial charge in [-0.1, -0.05) is 44.9 Å². The molecule has 2 fully saturated rings. The molecule has 0 aromatic carbocycles. The number of hydrogen-bond acceptors (Lipinski definition) is 4. The van der Waals surface area contributed by atoms with E-state index >= 15 is 0 Å². The number of aromatic nitrogens is 1. The zero-order valence-corrected chi connectivity index (χ0v) is 19.5. The standard InChI is InChI=1S/C26H38N2O4/c1-32-25(31)26(15-9-10-16-26)27-23(29)21-17-20-13-7-2-3-8-14-22(20)28(24(21)30)18-19-11-5-4-6-12-19/h17,19H,2-16,18H2,1H3,(H,27,29). The van der Waals surface area contributed by atoms with Gasteiger partial charge in [-0.2, -0.15) is 0 Å². The number of pyridine rings is 1. The van der Waals surface area contributed by atoms with Crippen LogP contribution in [0.4, 0.5) is 0 Å². The highest BCUT2D eigenvalue weighted by atomic mass is 16.5. The average molecular weight is 443 g/mol. The van der Waals surface area contributed by atoms with Gasteiger partial charge in [0.2, 0.25) is 0 Å². The van der Waals surface area contributed by atoms with E-state index in [0.717, 1.165) is 62.6 Å². The van der Waals surface area contributed by atoms with Gasteiger partial charge in [0.05, 0.1) is 7.11 Å². The number of methoxy groups -OCH3 is 1. The maximum atomic E-state index is 13.7. The zero-order chi connectivity index (χ0) is 22.6. The minimum atomic E-state index is -1.00. The number of aryl methyl sites for hydroxylation is 1. The van der Waals surface area contributed by atoms with Gasteiger partial charge in [-0.05, 0) is 68.9 Å². The molecule has 0 saturated heterocycles. The molecule has 0 unspecified atom stereocenters. The monoisotopic (exact) mass is 442 g/mol. The summed E-state index contributed by atoms with van der Waals surface area (Å²) in [5, 5.41) is 2.94. The van der Waals surface area contributed by atoms with Crippen molar-refractivity contribution >= 4 is 11.9 Å². The van der Waals surface area contributed by atoms with Crippen molar-refractivity contribution in [2.24, 2.45) is 5.92 Å². The van der Waals surface area contributed by atoms with Gasteiger partial charge in [0.25, 0.3) is 11.5 Å². The number of hydrogen-bond donors (Lipinski definition) is 1. The minimum absolute atomic E-state index is 0.189. The third kappa shape index (κ3) is 4.79. The number of carbonyl (C=O) groups is 2. The highest BCUT2D eigenvalue weighted by Gasteiger charge is 2.44. The SMILES string of the molecule is COC(=O)C1(NC(=O)c2cc3c(n(CC4CCCCC4)c2=O)CCCCCC3)CCCC1. The van der Waals surface area contributed by atoms with Gasteiger partial charge in [0.1, 0.15) is 11.1 Å². The molecule has 1 heterocycles. The first-order valence-corrected chi connectivity index (χ1v) is 12.7. The van der Waals surface area contributed by atoms with Crippen LogP contribution in [0.5, 0.6) is 0 Å². The fraction of sp³-hybridized carbons (Fsp3) is 0.731. The molecule has 0 bridgehead atoms. The molecule has 4 rings (SSSR count). The molecule has 32 heavy (non-hydrogen) atoms. The molecule has 1 N–H and O–H groups in total. The van der Waals surface area contributed by atoms with Gasteiger partial charge < -0.3 is 14.6 Å². The molecule has 176 valence electrons. The first-order chi connectivity index (χ1) is 15.5. The van der Waals surface area contributed by atoms with Crippen LogP contribution < -0.4 is 10.9 Å². The fourth-order valence-corrected chi connectivity index (χ4v) is 6.06. The van der Waals surface area contributed by atoms with Crippen LogP contribution in [0.1, 0.15) is 105 Å². The lowest BCUT2D eigenvalue weighted by Crippen LogP contribution is -2.54. The predicted molar refractivity (Wildman–Crippen MR) is 124 cm³/mol. The molecule has 1 aromatic rings. The first-order valence-electron chi connectivity index (χ1n) is 12.7. The minimum Gasteiger partial charge on any atom is -0.467 e. The van der Waals surface area contributed by atoms with Crippen molar-refractivity contribution in [3.8, 4) is 0 Å². The summed E-state index contributed by atoms with van der Waals surface area (Å²) in [6.07, 6.45) is 15.3. The lowest BCUT2D eigenvalue weighted by Gasteiger charge is -2.29. The van der Waals surface area contributed by atoms with E-state index in [1.807, 2.05) is 10.6 Å². The highest BCUT2D eigenvalue weighted by molar-refractivity contribution is 5.98. The second-order valence-corrected chi connectivity index (χ2v) is 10.1. The maximum Gasteiger partial charge on any atom is 0.331 e. The van der Waals surface area contributed by atoms with Gasteiger partial charge in [-0.3, -0.25) is 9.59 Å². The number of nitrogens with zero attached hydrogens (tertiary/aromatic N) is 1. The summed E-state index contributed by atoms with van der Waals surface area (Å²) < 4.78 is 6.95. The molecular formula is C26H38N2O4. The van der Waals surface area contributed by atoms with E-state index in [0.29, 0.717) is 25.3 Å². The smallest absolute Gasteiger partial charge is 0.331 e. The maximum absolute atomic E-state index is 13.7. The van der Waals surface area contributed by atoms with Gasteiger partial charge in [-0.15, -0.1) is 0 Å². The van der Waals surface area contributed by atoms with E-state index in [1.54, 1.807) is 0 Å². The van der Waals surface area contributed by atoms with Crippen molar-refractivity contribution < 1.29 is 14.3 Å². The summed E-state index contributed by atoms with van der Waals surface area (Å²) in [5.41, 5.74) is 1.28. The number of fused-ring (bicyclic) bond motifs is 1. The van der Waals surface area contributed by atoms with Crippen LogP contribution in [0, 0.1) is 5.92 Å². The van der Waals surface area contributed by atoms with Crippen molar-refractivity contribution in [2.75, 3.05) is 7.11 Å². The lowest BCUT2D eigenvalue weighted by molar-refractivity contribution is -0.148. The Labute approximate surface area is 191 Å². The lowest BCUT2D eigenvalue weighted by atomic mass is 9.88. The largest absolute Gasteiger partial charge is 0.467 e. The average Bonchev–Trinajstić information content (AvgIpc) is 3.26. The topological polar surface area (TPSA) is 77.4 Å². The molecule has 1 aromatic heterocycles. The van der Waals surface area contributed by atoms with Crippen LogP contribution >= 0.6 is 0 Å². The van der Waals surface area contributed by atoms with Gasteiger partial charge in [-0.25, -0.2) is 4.79 Å². The Morgan fingerprint density at radius 3 is 2.34 bits per heavy atom. The van der Waals surface area contributed by atoms with Crippen molar-refractivity contribution in [3.63, 3.8) is 0 Å². The van der Waals surface area contributed by atoms with E-state index in [9.17, 15) is 14.4 Å². The Morgan fingerprint density at radius 2 is 1.66 bits per heavy atom. The number of nitrogens with one attached hydrogen (secondary N) is 1. The summed E-state index contributed by atoms with van der Waals surface area (Å²) in [6.45, 7) is 0.713. The van der Waals surface area contributed by atoms with E-state index in [2.05, 4.69) is 5.32 Å². The van der Waals surface area contributed by atoms with E-state index in [4.69, 9.17) is 4.74 Å². The Kier molecular flexibility index (Phi) is 7.37. The van der Waals surface area contributed by atoms with E-state index in [-0.39, 0.29) is 11.1 Å². The van der Waals surface area contributed by atoms with Crippen molar-refractivity contribution in [1.29, 1.82) is 0 Å². The molecule has 0 spiro atoms. The normalized spacial score (nSPS) is 21.3. The van der Waals surface area contributed by atoms with Gasteiger partial charge in [0, 0.05) is 12.2 Å². The second kappa shape index (κ2) is 10.2. The summed E-state index contributed by atoms with van der Waals surface area (Å²) in [7, 11) is 1.36. The molecular weight excluding hydrogens is 404 g/mol. The van der Waals surface area contributed by atoms with Crippen molar-refractivity contribution in [1.82, 2.24) is 9.88 Å². The molecule has 0 atom stereocenters. The van der Waals surface area contributed by atoms with Crippen LogP contribution in [0.15, 0.2) is 10.9 Å². The summed E-state index contributed by atoms with van der Waals surface area (Å²) in [5.74, 6) is -0.327. The van der Waals surface area contributed by atoms with Crippen LogP contribution in [0.2, 0.25) is 0 Å². The summed E-state index contributed by atoms with van der Waals surface area (Å²) in [6, 6.07) is 1.83. The molecule has 0 aliphatic heterocycles. The molecule has 0 radical (unpaired) electrons. The van der Waals surface area contributed by atoms with Crippen LogP contribution in [0.3, 0.4) is 0 Å². The summed E-state index contributed by atoms with van der Waals surface area (Å²) in [4.78, 5) is 39.6. The number of amides is 1. The van der Waals surface area contributed by atoms with E-state index in [1.165, 1.54) is 39.2 Å². The van der Waals surface area contributed by atoms with Gasteiger partial charge in [0.15, 0.2) is 0 Å². The van der Waals surface area contributed by atoms with Gasteiger partial charge >= 0.3 is 5.97 Å². The predicted octanol–water partition coefficient (Wildman–Crippen LogP) is 4.30. The van der Waals surface area contributed by atoms with Crippen molar-refractivity contribution in [3.05, 3.63) is 33.2 Å². The third-order valence-corrected chi connectivity index (χ3v) is 7.90. The quantitative estimate of drug-likeness (QED) is 0.690. The van der Waals surface area contributed by atoms with Crippen molar-refractivity contribution in [2.45, 2.75) is 108 Å². The molecule has 3 aliphatic rings. The number of esters is 1.